The fourth-order valence-electron chi connectivity index (χ4n) is 4.98. The molecular formula is C21H24N2O4S. The van der Waals surface area contributed by atoms with Crippen molar-refractivity contribution in [2.24, 2.45) is 11.8 Å². The molecule has 1 spiro atoms. The first kappa shape index (κ1) is 18.1. The zero-order valence-electron chi connectivity index (χ0n) is 15.9. The molecule has 0 N–H and O–H groups in total. The highest BCUT2D eigenvalue weighted by Gasteiger charge is 2.67. The topological polar surface area (TPSA) is 59.1 Å². The van der Waals surface area contributed by atoms with Crippen LogP contribution < -0.4 is 4.74 Å². The van der Waals surface area contributed by atoms with E-state index in [2.05, 4.69) is 0 Å². The fraction of sp³-hybridized carbons (Fsp3) is 0.524. The van der Waals surface area contributed by atoms with E-state index < -0.39 is 17.4 Å². The molecule has 3 saturated heterocycles. The van der Waals surface area contributed by atoms with Gasteiger partial charge >= 0.3 is 0 Å². The summed E-state index contributed by atoms with van der Waals surface area (Å²) in [5.41, 5.74) is 0.365. The number of methoxy groups -OCH3 is 1. The van der Waals surface area contributed by atoms with E-state index in [1.54, 1.807) is 7.11 Å². The minimum absolute atomic E-state index is 0.0272. The van der Waals surface area contributed by atoms with Gasteiger partial charge in [0.05, 0.1) is 31.6 Å². The molecule has 5 rings (SSSR count). The first-order valence-corrected chi connectivity index (χ1v) is 10.9. The van der Waals surface area contributed by atoms with Gasteiger partial charge in [-0.2, -0.15) is 11.8 Å². The van der Waals surface area contributed by atoms with Gasteiger partial charge in [-0.3, -0.25) is 9.59 Å². The Morgan fingerprint density at radius 3 is 2.96 bits per heavy atom. The van der Waals surface area contributed by atoms with Crippen LogP contribution in [0.5, 0.6) is 5.75 Å². The highest BCUT2D eigenvalue weighted by atomic mass is 32.2. The number of rotatable bonds is 4. The lowest BCUT2D eigenvalue weighted by Crippen LogP contribution is -2.48. The molecule has 3 fully saturated rings. The van der Waals surface area contributed by atoms with E-state index in [9.17, 15) is 9.59 Å². The van der Waals surface area contributed by atoms with E-state index in [4.69, 9.17) is 9.47 Å². The van der Waals surface area contributed by atoms with E-state index in [1.807, 2.05) is 58.0 Å². The third-order valence-corrected chi connectivity index (χ3v) is 7.24. The highest BCUT2D eigenvalue weighted by Crippen LogP contribution is 2.52. The number of thioether (sulfide) groups is 1. The fourth-order valence-corrected chi connectivity index (χ4v) is 5.88. The molecule has 4 atom stereocenters. The van der Waals surface area contributed by atoms with Gasteiger partial charge in [0.1, 0.15) is 11.4 Å². The van der Waals surface area contributed by atoms with Crippen molar-refractivity contribution >= 4 is 23.6 Å². The van der Waals surface area contributed by atoms with Crippen LogP contribution in [0.4, 0.5) is 0 Å². The molecule has 148 valence electrons. The molecule has 0 radical (unpaired) electrons. The van der Waals surface area contributed by atoms with Gasteiger partial charge in [0.15, 0.2) is 0 Å². The minimum Gasteiger partial charge on any atom is -0.497 e. The van der Waals surface area contributed by atoms with Crippen molar-refractivity contribution in [2.45, 2.75) is 18.2 Å². The Labute approximate surface area is 168 Å². The van der Waals surface area contributed by atoms with Crippen LogP contribution in [-0.2, 0) is 20.9 Å². The van der Waals surface area contributed by atoms with Crippen molar-refractivity contribution in [3.63, 3.8) is 0 Å². The molecule has 2 unspecified atom stereocenters. The third-order valence-electron chi connectivity index (χ3n) is 6.29. The quantitative estimate of drug-likeness (QED) is 0.718. The van der Waals surface area contributed by atoms with Crippen LogP contribution in [-0.4, -0.2) is 71.6 Å². The Kier molecular flexibility index (Phi) is 4.39. The average Bonchev–Trinajstić information content (AvgIpc) is 3.37. The van der Waals surface area contributed by atoms with Crippen LogP contribution in [0.3, 0.4) is 0 Å². The Balaban J connectivity index is 1.38. The van der Waals surface area contributed by atoms with E-state index in [0.29, 0.717) is 13.1 Å². The summed E-state index contributed by atoms with van der Waals surface area (Å²) in [6.45, 7) is 2.52. The van der Waals surface area contributed by atoms with E-state index in [1.165, 1.54) is 0 Å². The normalized spacial score (nSPS) is 33.5. The SMILES string of the molecule is COc1cccc(CN2C[C@@]34C=C[C@@H](O3)C(C(=O)N3CCSCC3)C4C2=O)c1. The number of benzene rings is 1. The molecule has 4 aliphatic rings. The van der Waals surface area contributed by atoms with Gasteiger partial charge in [0, 0.05) is 31.1 Å². The Morgan fingerprint density at radius 2 is 2.18 bits per heavy atom. The second-order valence-corrected chi connectivity index (χ2v) is 9.11. The molecular weight excluding hydrogens is 376 g/mol. The summed E-state index contributed by atoms with van der Waals surface area (Å²) in [6, 6.07) is 7.75. The first-order chi connectivity index (χ1) is 13.6. The second-order valence-electron chi connectivity index (χ2n) is 7.88. The van der Waals surface area contributed by atoms with Crippen molar-refractivity contribution in [2.75, 3.05) is 38.2 Å². The Hall–Kier alpha value is -1.99. The van der Waals surface area contributed by atoms with Gasteiger partial charge in [-0.05, 0) is 17.7 Å². The zero-order valence-corrected chi connectivity index (χ0v) is 16.7. The van der Waals surface area contributed by atoms with Crippen molar-refractivity contribution in [3.8, 4) is 5.75 Å². The third kappa shape index (κ3) is 2.75. The molecule has 7 heteroatoms. The van der Waals surface area contributed by atoms with E-state index >= 15 is 0 Å². The molecule has 6 nitrogen and oxygen atoms in total. The molecule has 4 aliphatic heterocycles. The number of carbonyl (C=O) groups excluding carboxylic acids is 2. The second kappa shape index (κ2) is 6.81. The number of carbonyl (C=O) groups is 2. The maximum atomic E-state index is 13.3. The van der Waals surface area contributed by atoms with Crippen LogP contribution in [0.1, 0.15) is 5.56 Å². The van der Waals surface area contributed by atoms with Gasteiger partial charge in [-0.15, -0.1) is 0 Å². The molecule has 0 saturated carbocycles. The average molecular weight is 401 g/mol. The van der Waals surface area contributed by atoms with Crippen molar-refractivity contribution in [3.05, 3.63) is 42.0 Å². The molecule has 2 bridgehead atoms. The maximum Gasteiger partial charge on any atom is 0.230 e. The molecule has 0 aliphatic carbocycles. The van der Waals surface area contributed by atoms with Crippen molar-refractivity contribution in [1.29, 1.82) is 0 Å². The number of nitrogens with zero attached hydrogens (tertiary/aromatic N) is 2. The Bertz CT molecular complexity index is 837. The van der Waals surface area contributed by atoms with Crippen LogP contribution >= 0.6 is 11.8 Å². The van der Waals surface area contributed by atoms with Gasteiger partial charge in [-0.1, -0.05) is 24.3 Å². The number of hydrogen-bond donors (Lipinski definition) is 0. The predicted molar refractivity (Wildman–Crippen MR) is 106 cm³/mol. The largest absolute Gasteiger partial charge is 0.497 e. The summed E-state index contributed by atoms with van der Waals surface area (Å²) in [4.78, 5) is 30.3. The van der Waals surface area contributed by atoms with Crippen molar-refractivity contribution < 1.29 is 19.1 Å². The van der Waals surface area contributed by atoms with Crippen LogP contribution in [0.25, 0.3) is 0 Å². The highest BCUT2D eigenvalue weighted by molar-refractivity contribution is 7.99. The van der Waals surface area contributed by atoms with Gasteiger partial charge in [0.2, 0.25) is 11.8 Å². The van der Waals surface area contributed by atoms with Crippen molar-refractivity contribution in [1.82, 2.24) is 9.80 Å². The summed E-state index contributed by atoms with van der Waals surface area (Å²) in [5, 5.41) is 0. The summed E-state index contributed by atoms with van der Waals surface area (Å²) in [7, 11) is 1.64. The molecule has 28 heavy (non-hydrogen) atoms. The number of amides is 2. The summed E-state index contributed by atoms with van der Waals surface area (Å²) in [5.74, 6) is 2.01. The van der Waals surface area contributed by atoms with E-state index in [-0.39, 0.29) is 17.9 Å². The lowest BCUT2D eigenvalue weighted by Gasteiger charge is -2.32. The summed E-state index contributed by atoms with van der Waals surface area (Å²) in [6.07, 6.45) is 3.73. The van der Waals surface area contributed by atoms with Gasteiger partial charge < -0.3 is 19.3 Å². The van der Waals surface area contributed by atoms with Gasteiger partial charge in [-0.25, -0.2) is 0 Å². The number of hydrogen-bond acceptors (Lipinski definition) is 5. The molecule has 1 aromatic rings. The zero-order chi connectivity index (χ0) is 19.3. The number of likely N-dealkylation sites (tertiary alicyclic amines) is 1. The lowest BCUT2D eigenvalue weighted by atomic mass is 9.76. The first-order valence-electron chi connectivity index (χ1n) is 9.77. The monoisotopic (exact) mass is 400 g/mol. The molecule has 1 aromatic carbocycles. The Morgan fingerprint density at radius 1 is 1.36 bits per heavy atom. The maximum absolute atomic E-state index is 13.3. The summed E-state index contributed by atoms with van der Waals surface area (Å²) >= 11 is 1.87. The predicted octanol–water partition coefficient (Wildman–Crippen LogP) is 1.55. The smallest absolute Gasteiger partial charge is 0.230 e. The van der Waals surface area contributed by atoms with Crippen LogP contribution in [0.15, 0.2) is 36.4 Å². The van der Waals surface area contributed by atoms with Crippen LogP contribution in [0.2, 0.25) is 0 Å². The lowest BCUT2D eigenvalue weighted by molar-refractivity contribution is -0.143. The molecule has 0 aromatic heterocycles. The number of ether oxygens (including phenoxy) is 2. The minimum atomic E-state index is -0.647. The molecule has 4 heterocycles. The standard InChI is InChI=1S/C21H24N2O4S/c1-26-15-4-2-3-14(11-15)12-23-13-21-6-5-16(27-21)17(18(21)20(23)25)19(24)22-7-9-28-10-8-22/h2-6,11,16-18H,7-10,12-13H2,1H3/t16-,17?,18?,21-/m1/s1. The molecule has 2 amide bonds. The van der Waals surface area contributed by atoms with Gasteiger partial charge in [0.25, 0.3) is 0 Å². The van der Waals surface area contributed by atoms with E-state index in [0.717, 1.165) is 35.9 Å². The van der Waals surface area contributed by atoms with Crippen LogP contribution in [0, 0.1) is 11.8 Å². The summed E-state index contributed by atoms with van der Waals surface area (Å²) < 4.78 is 11.5. The number of fused-ring (bicyclic) bond motifs is 1.